The maximum Gasteiger partial charge on any atom is 0.305 e. The summed E-state index contributed by atoms with van der Waals surface area (Å²) in [5.41, 5.74) is 0. The Morgan fingerprint density at radius 2 is 0.568 bits per heavy atom. The minimum atomic E-state index is -0.659. The van der Waals surface area contributed by atoms with E-state index in [1.165, 1.54) is 379 Å². The SMILES string of the molecule is CCCCC/C=C\C/C=C\CCCCCCCCCC(=O)OCCCCCCCCCCCCCCCCCCCCCCCCCCCCCCCCCCCCCCCCCC(=O)NC(CO)C(O)CCCCCCCCCCCCCCCCC. The van der Waals surface area contributed by atoms with Crippen molar-refractivity contribution >= 4 is 11.9 Å². The molecule has 0 spiro atoms. The molecule has 0 saturated heterocycles. The van der Waals surface area contributed by atoms with Gasteiger partial charge in [0.2, 0.25) is 5.91 Å². The summed E-state index contributed by atoms with van der Waals surface area (Å²) >= 11 is 0. The Hall–Kier alpha value is -1.66. The Kier molecular flexibility index (Phi) is 76.3. The van der Waals surface area contributed by atoms with E-state index in [1.807, 2.05) is 0 Å². The number of hydrogen-bond acceptors (Lipinski definition) is 5. The standard InChI is InChI=1S/C82H159NO5/c1-3-5-7-9-11-13-15-17-19-43-48-52-56-60-64-68-72-76-82(87)88-77-73-69-65-61-57-53-49-45-42-40-38-36-34-32-30-28-26-24-22-20-21-23-25-27-29-31-33-35-37-39-41-44-47-51-55-59-63-67-71-75-81(86)83-79(78-84)80(85)74-70-66-62-58-54-50-46-18-16-14-12-10-8-6-4-2/h11,13,17,19,79-80,84-85H,3-10,12,14-16,18,20-78H2,1-2H3,(H,83,86)/b13-11-,19-17-. The number of unbranched alkanes of at least 4 members (excludes halogenated alkanes) is 62. The molecule has 2 unspecified atom stereocenters. The highest BCUT2D eigenvalue weighted by Crippen LogP contribution is 2.20. The molecule has 0 aromatic carbocycles. The van der Waals surface area contributed by atoms with Crippen molar-refractivity contribution in [2.24, 2.45) is 0 Å². The van der Waals surface area contributed by atoms with Crippen molar-refractivity contribution in [3.63, 3.8) is 0 Å². The van der Waals surface area contributed by atoms with Crippen LogP contribution in [0.3, 0.4) is 0 Å². The molecule has 0 aliphatic carbocycles. The average molecular weight is 1240 g/mol. The molecule has 6 nitrogen and oxygen atoms in total. The molecule has 88 heavy (non-hydrogen) atoms. The van der Waals surface area contributed by atoms with Crippen molar-refractivity contribution in [3.05, 3.63) is 24.3 Å². The Bertz CT molecular complexity index is 1380. The number of allylic oxidation sites excluding steroid dienone is 4. The molecule has 0 heterocycles. The van der Waals surface area contributed by atoms with E-state index < -0.39 is 12.1 Å². The van der Waals surface area contributed by atoms with E-state index in [0.717, 1.165) is 51.4 Å². The molecule has 0 rings (SSSR count). The lowest BCUT2D eigenvalue weighted by atomic mass is 10.0. The smallest absolute Gasteiger partial charge is 0.305 e. The largest absolute Gasteiger partial charge is 0.466 e. The minimum absolute atomic E-state index is 0.0171. The first-order valence-corrected chi connectivity index (χ1v) is 40.6. The van der Waals surface area contributed by atoms with E-state index in [9.17, 15) is 19.8 Å². The zero-order valence-corrected chi connectivity index (χ0v) is 60.0. The van der Waals surface area contributed by atoms with Gasteiger partial charge in [0, 0.05) is 12.8 Å². The molecule has 6 heteroatoms. The van der Waals surface area contributed by atoms with E-state index in [2.05, 4.69) is 43.5 Å². The summed E-state index contributed by atoms with van der Waals surface area (Å²) < 4.78 is 5.51. The van der Waals surface area contributed by atoms with E-state index in [0.29, 0.717) is 25.9 Å². The van der Waals surface area contributed by atoms with Gasteiger partial charge < -0.3 is 20.3 Å². The van der Waals surface area contributed by atoms with Crippen LogP contribution in [0, 0.1) is 0 Å². The molecule has 522 valence electrons. The molecular formula is C82H159NO5. The molecule has 0 radical (unpaired) electrons. The van der Waals surface area contributed by atoms with Crippen LogP contribution in [0.2, 0.25) is 0 Å². The van der Waals surface area contributed by atoms with Crippen LogP contribution in [-0.2, 0) is 14.3 Å². The molecule has 0 aromatic rings. The van der Waals surface area contributed by atoms with E-state index in [4.69, 9.17) is 4.74 Å². The number of rotatable bonds is 77. The van der Waals surface area contributed by atoms with E-state index in [1.54, 1.807) is 0 Å². The molecule has 0 aromatic heterocycles. The van der Waals surface area contributed by atoms with Gasteiger partial charge in [-0.15, -0.1) is 0 Å². The van der Waals surface area contributed by atoms with Crippen LogP contribution >= 0.6 is 0 Å². The molecule has 1 amide bonds. The Morgan fingerprint density at radius 3 is 0.886 bits per heavy atom. The Morgan fingerprint density at radius 1 is 0.318 bits per heavy atom. The highest BCUT2D eigenvalue weighted by atomic mass is 16.5. The first-order valence-electron chi connectivity index (χ1n) is 40.6. The molecule has 0 aliphatic rings. The van der Waals surface area contributed by atoms with Gasteiger partial charge in [0.15, 0.2) is 0 Å². The lowest BCUT2D eigenvalue weighted by molar-refractivity contribution is -0.143. The molecule has 0 bridgehead atoms. The van der Waals surface area contributed by atoms with Gasteiger partial charge in [0.25, 0.3) is 0 Å². The summed E-state index contributed by atoms with van der Waals surface area (Å²) in [5, 5.41) is 23.4. The third kappa shape index (κ3) is 73.4. The van der Waals surface area contributed by atoms with Crippen molar-refractivity contribution < 1.29 is 24.5 Å². The van der Waals surface area contributed by atoms with Gasteiger partial charge >= 0.3 is 5.97 Å². The van der Waals surface area contributed by atoms with E-state index in [-0.39, 0.29) is 18.5 Å². The fourth-order valence-corrected chi connectivity index (χ4v) is 13.1. The molecule has 0 saturated carbocycles. The van der Waals surface area contributed by atoms with Gasteiger partial charge in [-0.05, 0) is 57.8 Å². The summed E-state index contributed by atoms with van der Waals surface area (Å²) in [6, 6.07) is -0.536. The van der Waals surface area contributed by atoms with Crippen molar-refractivity contribution in [1.82, 2.24) is 5.32 Å². The molecule has 0 fully saturated rings. The number of esters is 1. The summed E-state index contributed by atoms with van der Waals surface area (Å²) in [4.78, 5) is 24.6. The Labute approximate surface area is 551 Å². The van der Waals surface area contributed by atoms with Gasteiger partial charge in [-0.2, -0.15) is 0 Å². The van der Waals surface area contributed by atoms with Gasteiger partial charge in [-0.1, -0.05) is 417 Å². The summed E-state index contributed by atoms with van der Waals surface area (Å²) in [7, 11) is 0. The maximum absolute atomic E-state index is 12.5. The van der Waals surface area contributed by atoms with Gasteiger partial charge in [-0.3, -0.25) is 9.59 Å². The maximum atomic E-state index is 12.5. The number of aliphatic hydroxyl groups is 2. The molecule has 2 atom stereocenters. The number of carbonyl (C=O) groups excluding carboxylic acids is 2. The summed E-state index contributed by atoms with van der Waals surface area (Å²) in [6.07, 6.45) is 100. The number of nitrogens with one attached hydrogen (secondary N) is 1. The predicted molar refractivity (Wildman–Crippen MR) is 389 cm³/mol. The van der Waals surface area contributed by atoms with Crippen LogP contribution in [0.1, 0.15) is 463 Å². The van der Waals surface area contributed by atoms with Crippen LogP contribution in [0.5, 0.6) is 0 Å². The lowest BCUT2D eigenvalue weighted by Crippen LogP contribution is -2.45. The lowest BCUT2D eigenvalue weighted by Gasteiger charge is -2.22. The van der Waals surface area contributed by atoms with Crippen molar-refractivity contribution in [2.45, 2.75) is 475 Å². The zero-order valence-electron chi connectivity index (χ0n) is 60.0. The second-order valence-corrected chi connectivity index (χ2v) is 28.1. The van der Waals surface area contributed by atoms with Crippen LogP contribution in [-0.4, -0.2) is 47.4 Å². The third-order valence-electron chi connectivity index (χ3n) is 19.3. The van der Waals surface area contributed by atoms with Crippen molar-refractivity contribution in [3.8, 4) is 0 Å². The number of amides is 1. The fourth-order valence-electron chi connectivity index (χ4n) is 13.1. The number of hydrogen-bond donors (Lipinski definition) is 3. The fraction of sp³-hybridized carbons (Fsp3) is 0.927. The van der Waals surface area contributed by atoms with Crippen molar-refractivity contribution in [1.29, 1.82) is 0 Å². The van der Waals surface area contributed by atoms with Gasteiger partial charge in [0.1, 0.15) is 0 Å². The van der Waals surface area contributed by atoms with Gasteiger partial charge in [-0.25, -0.2) is 0 Å². The first-order chi connectivity index (χ1) is 43.5. The number of ether oxygens (including phenoxy) is 1. The summed E-state index contributed by atoms with van der Waals surface area (Å²) in [5.74, 6) is -0.00798. The summed E-state index contributed by atoms with van der Waals surface area (Å²) in [6.45, 7) is 4.97. The zero-order chi connectivity index (χ0) is 63.5. The molecule has 3 N–H and O–H groups in total. The normalized spacial score (nSPS) is 12.5. The quantitative estimate of drug-likeness (QED) is 0.0320. The van der Waals surface area contributed by atoms with Crippen LogP contribution < -0.4 is 5.32 Å². The number of carbonyl (C=O) groups is 2. The molecule has 0 aliphatic heterocycles. The van der Waals surface area contributed by atoms with Crippen LogP contribution in [0.4, 0.5) is 0 Å². The average Bonchev–Trinajstić information content (AvgIpc) is 3.59. The van der Waals surface area contributed by atoms with Gasteiger partial charge in [0.05, 0.1) is 25.4 Å². The minimum Gasteiger partial charge on any atom is -0.466 e. The first kappa shape index (κ1) is 86.3. The van der Waals surface area contributed by atoms with Crippen molar-refractivity contribution in [2.75, 3.05) is 13.2 Å². The Balaban J connectivity index is 3.28. The van der Waals surface area contributed by atoms with E-state index >= 15 is 0 Å². The topological polar surface area (TPSA) is 95.9 Å². The molecular weight excluding hydrogens is 1080 g/mol. The predicted octanol–water partition coefficient (Wildman–Crippen LogP) is 26.8. The van der Waals surface area contributed by atoms with Crippen LogP contribution in [0.25, 0.3) is 0 Å². The highest BCUT2D eigenvalue weighted by Gasteiger charge is 2.20. The monoisotopic (exact) mass is 1240 g/mol. The second kappa shape index (κ2) is 77.8. The highest BCUT2D eigenvalue weighted by molar-refractivity contribution is 5.76. The number of aliphatic hydroxyl groups excluding tert-OH is 2. The van der Waals surface area contributed by atoms with Crippen LogP contribution in [0.15, 0.2) is 24.3 Å². The second-order valence-electron chi connectivity index (χ2n) is 28.1. The third-order valence-corrected chi connectivity index (χ3v) is 19.3.